The van der Waals surface area contributed by atoms with Gasteiger partial charge in [0.15, 0.2) is 0 Å². The number of hydrogen-bond acceptors (Lipinski definition) is 5. The van der Waals surface area contributed by atoms with E-state index < -0.39 is 5.51 Å². The fraction of sp³-hybridized carbons (Fsp3) is 0.333. The Morgan fingerprint density at radius 2 is 1.78 bits per heavy atom. The standard InChI is InChI=1S/C27H27F3N4O2S/c28-27(29,30)37-24-8-6-22(7-9-24)36-23-5-1-3-20(15-23)17-33-13-10-26(11-14-33)18-34(19-26)25(35)32-21-4-2-12-31-16-21/h1-9,12,15-16H,10-11,13-14,17-19H2,(H,32,35). The van der Waals surface area contributed by atoms with Crippen LogP contribution < -0.4 is 10.1 Å². The molecule has 2 aliphatic rings. The summed E-state index contributed by atoms with van der Waals surface area (Å²) in [6.45, 7) is 4.26. The highest BCUT2D eigenvalue weighted by molar-refractivity contribution is 8.00. The normalized spacial score (nSPS) is 17.3. The maximum Gasteiger partial charge on any atom is 0.446 e. The largest absolute Gasteiger partial charge is 0.457 e. The van der Waals surface area contributed by atoms with Crippen molar-refractivity contribution in [1.29, 1.82) is 0 Å². The molecule has 0 aliphatic carbocycles. The number of halogens is 3. The maximum atomic E-state index is 12.5. The van der Waals surface area contributed by atoms with Gasteiger partial charge in [0.2, 0.25) is 0 Å². The first-order chi connectivity index (χ1) is 17.8. The van der Waals surface area contributed by atoms with Crippen molar-refractivity contribution in [1.82, 2.24) is 14.8 Å². The zero-order valence-corrected chi connectivity index (χ0v) is 20.9. The van der Waals surface area contributed by atoms with Gasteiger partial charge in [-0.25, -0.2) is 4.79 Å². The minimum atomic E-state index is -4.31. The molecule has 2 fully saturated rings. The Morgan fingerprint density at radius 1 is 1.03 bits per heavy atom. The van der Waals surface area contributed by atoms with Crippen molar-refractivity contribution in [3.63, 3.8) is 0 Å². The number of rotatable bonds is 6. The molecule has 3 aromatic rings. The van der Waals surface area contributed by atoms with Crippen LogP contribution in [-0.4, -0.2) is 52.5 Å². The van der Waals surface area contributed by atoms with Crippen LogP contribution in [0, 0.1) is 5.41 Å². The molecule has 3 heterocycles. The van der Waals surface area contributed by atoms with Crippen LogP contribution in [0.3, 0.4) is 0 Å². The van der Waals surface area contributed by atoms with Crippen molar-refractivity contribution in [3.8, 4) is 11.5 Å². The lowest BCUT2D eigenvalue weighted by Crippen LogP contribution is -2.62. The van der Waals surface area contributed by atoms with Crippen LogP contribution in [0.15, 0.2) is 78.0 Å². The van der Waals surface area contributed by atoms with Crippen molar-refractivity contribution in [2.75, 3.05) is 31.5 Å². The Balaban J connectivity index is 1.08. The van der Waals surface area contributed by atoms with E-state index in [0.29, 0.717) is 17.2 Å². The van der Waals surface area contributed by atoms with Gasteiger partial charge in [0, 0.05) is 36.1 Å². The average molecular weight is 529 g/mol. The first-order valence-electron chi connectivity index (χ1n) is 12.1. The molecule has 10 heteroatoms. The first kappa shape index (κ1) is 25.4. The van der Waals surface area contributed by atoms with Crippen molar-refractivity contribution >= 4 is 23.5 Å². The van der Waals surface area contributed by atoms with E-state index in [-0.39, 0.29) is 28.1 Å². The number of anilines is 1. The van der Waals surface area contributed by atoms with E-state index in [1.54, 1.807) is 30.6 Å². The fourth-order valence-electron chi connectivity index (χ4n) is 4.86. The third kappa shape index (κ3) is 6.75. The highest BCUT2D eigenvalue weighted by Crippen LogP contribution is 2.41. The fourth-order valence-corrected chi connectivity index (χ4v) is 5.40. The van der Waals surface area contributed by atoms with Gasteiger partial charge in [-0.2, -0.15) is 13.2 Å². The topological polar surface area (TPSA) is 57.7 Å². The zero-order valence-electron chi connectivity index (χ0n) is 20.1. The van der Waals surface area contributed by atoms with Crippen molar-refractivity contribution in [3.05, 3.63) is 78.6 Å². The van der Waals surface area contributed by atoms with Crippen molar-refractivity contribution < 1.29 is 22.7 Å². The third-order valence-electron chi connectivity index (χ3n) is 6.77. The number of aromatic nitrogens is 1. The minimum Gasteiger partial charge on any atom is -0.457 e. The molecule has 37 heavy (non-hydrogen) atoms. The predicted molar refractivity (Wildman–Crippen MR) is 137 cm³/mol. The number of pyridine rings is 1. The van der Waals surface area contributed by atoms with Gasteiger partial charge >= 0.3 is 11.5 Å². The number of ether oxygens (including phenoxy) is 1. The molecule has 1 aromatic heterocycles. The maximum absolute atomic E-state index is 12.5. The molecule has 2 aliphatic heterocycles. The summed E-state index contributed by atoms with van der Waals surface area (Å²) in [6, 6.07) is 17.2. The molecule has 0 saturated carbocycles. The first-order valence-corrected chi connectivity index (χ1v) is 12.9. The van der Waals surface area contributed by atoms with Gasteiger partial charge in [-0.15, -0.1) is 0 Å². The van der Waals surface area contributed by atoms with Gasteiger partial charge in [0.1, 0.15) is 11.5 Å². The zero-order chi connectivity index (χ0) is 25.9. The molecule has 0 unspecified atom stereocenters. The number of alkyl halides is 3. The number of nitrogens with zero attached hydrogens (tertiary/aromatic N) is 3. The van der Waals surface area contributed by atoms with E-state index in [1.807, 2.05) is 35.2 Å². The van der Waals surface area contributed by atoms with Crippen molar-refractivity contribution in [2.45, 2.75) is 29.8 Å². The van der Waals surface area contributed by atoms with Crippen LogP contribution in [0.2, 0.25) is 0 Å². The van der Waals surface area contributed by atoms with E-state index in [9.17, 15) is 18.0 Å². The third-order valence-corrected chi connectivity index (χ3v) is 7.51. The van der Waals surface area contributed by atoms with Crippen LogP contribution >= 0.6 is 11.8 Å². The number of amides is 2. The Morgan fingerprint density at radius 3 is 2.46 bits per heavy atom. The molecular formula is C27H27F3N4O2S. The molecule has 0 bridgehead atoms. The molecule has 1 N–H and O–H groups in total. The number of carbonyl (C=O) groups excluding carboxylic acids is 1. The number of urea groups is 1. The molecule has 1 spiro atoms. The second kappa shape index (κ2) is 10.6. The summed E-state index contributed by atoms with van der Waals surface area (Å²) in [5.41, 5.74) is -2.29. The number of thioether (sulfide) groups is 1. The van der Waals surface area contributed by atoms with Crippen LogP contribution in [-0.2, 0) is 6.54 Å². The highest BCUT2D eigenvalue weighted by atomic mass is 32.2. The smallest absolute Gasteiger partial charge is 0.446 e. The van der Waals surface area contributed by atoms with E-state index in [1.165, 1.54) is 12.1 Å². The summed E-state index contributed by atoms with van der Waals surface area (Å²) in [5, 5.41) is 2.90. The monoisotopic (exact) mass is 528 g/mol. The number of nitrogens with one attached hydrogen (secondary N) is 1. The number of hydrogen-bond donors (Lipinski definition) is 1. The summed E-state index contributed by atoms with van der Waals surface area (Å²) in [7, 11) is 0. The van der Waals surface area contributed by atoms with Gasteiger partial charge in [-0.1, -0.05) is 12.1 Å². The van der Waals surface area contributed by atoms with Gasteiger partial charge in [-0.05, 0) is 91.8 Å². The minimum absolute atomic E-state index is 0.0772. The number of likely N-dealkylation sites (tertiary alicyclic amines) is 2. The van der Waals surface area contributed by atoms with Gasteiger partial charge in [-0.3, -0.25) is 9.88 Å². The summed E-state index contributed by atoms with van der Waals surface area (Å²) in [4.78, 5) is 20.9. The number of piperidine rings is 1. The lowest BCUT2D eigenvalue weighted by molar-refractivity contribution is -0.0328. The SMILES string of the molecule is O=C(Nc1cccnc1)N1CC2(CCN(Cc3cccc(Oc4ccc(SC(F)(F)F)cc4)c3)CC2)C1. The second-order valence-corrected chi connectivity index (χ2v) is 10.7. The molecule has 2 aromatic carbocycles. The Labute approximate surface area is 217 Å². The molecule has 0 atom stereocenters. The summed E-state index contributed by atoms with van der Waals surface area (Å²) in [5.74, 6) is 1.14. The average Bonchev–Trinajstić information content (AvgIpc) is 2.84. The Hall–Kier alpha value is -3.24. The Kier molecular flexibility index (Phi) is 7.30. The summed E-state index contributed by atoms with van der Waals surface area (Å²) < 4.78 is 43.4. The van der Waals surface area contributed by atoms with E-state index in [0.717, 1.165) is 51.1 Å². The predicted octanol–water partition coefficient (Wildman–Crippen LogP) is 6.62. The molecule has 6 nitrogen and oxygen atoms in total. The number of benzene rings is 2. The molecule has 2 saturated heterocycles. The quantitative estimate of drug-likeness (QED) is 0.365. The van der Waals surface area contributed by atoms with Gasteiger partial charge in [0.05, 0.1) is 11.9 Å². The number of carbonyl (C=O) groups is 1. The van der Waals surface area contributed by atoms with E-state index >= 15 is 0 Å². The summed E-state index contributed by atoms with van der Waals surface area (Å²) >= 11 is -0.141. The van der Waals surface area contributed by atoms with Crippen LogP contribution in [0.25, 0.3) is 0 Å². The second-order valence-electron chi connectivity index (χ2n) is 9.57. The lowest BCUT2D eigenvalue weighted by Gasteiger charge is -2.53. The molecular weight excluding hydrogens is 501 g/mol. The molecule has 5 rings (SSSR count). The van der Waals surface area contributed by atoms with Crippen LogP contribution in [0.5, 0.6) is 11.5 Å². The molecule has 0 radical (unpaired) electrons. The van der Waals surface area contributed by atoms with E-state index in [4.69, 9.17) is 4.74 Å². The van der Waals surface area contributed by atoms with E-state index in [2.05, 4.69) is 15.2 Å². The van der Waals surface area contributed by atoms with Gasteiger partial charge < -0.3 is 15.0 Å². The molecule has 2 amide bonds. The highest BCUT2D eigenvalue weighted by Gasteiger charge is 2.46. The summed E-state index contributed by atoms with van der Waals surface area (Å²) in [6.07, 6.45) is 5.40. The molecule has 194 valence electrons. The lowest BCUT2D eigenvalue weighted by atomic mass is 9.72. The van der Waals surface area contributed by atoms with Crippen molar-refractivity contribution in [2.24, 2.45) is 5.41 Å². The van der Waals surface area contributed by atoms with Crippen LogP contribution in [0.1, 0.15) is 18.4 Å². The van der Waals surface area contributed by atoms with Crippen LogP contribution in [0.4, 0.5) is 23.7 Å². The van der Waals surface area contributed by atoms with Gasteiger partial charge in [0.25, 0.3) is 0 Å². The Bertz CT molecular complexity index is 1210.